The van der Waals surface area contributed by atoms with E-state index in [2.05, 4.69) is 41.3 Å². The van der Waals surface area contributed by atoms with Gasteiger partial charge in [0, 0.05) is 12.2 Å². The zero-order valence-electron chi connectivity index (χ0n) is 16.9. The summed E-state index contributed by atoms with van der Waals surface area (Å²) in [5.41, 5.74) is 4.56. The van der Waals surface area contributed by atoms with Crippen LogP contribution in [0.2, 0.25) is 0 Å². The number of hydrogen-bond acceptors (Lipinski definition) is 4. The third kappa shape index (κ3) is 3.21. The summed E-state index contributed by atoms with van der Waals surface area (Å²) in [4.78, 5) is 14.9. The summed E-state index contributed by atoms with van der Waals surface area (Å²) < 4.78 is 3.92. The minimum atomic E-state index is -0.303. The van der Waals surface area contributed by atoms with Crippen LogP contribution in [0.1, 0.15) is 47.1 Å². The Labute approximate surface area is 165 Å². The van der Waals surface area contributed by atoms with Gasteiger partial charge in [0.25, 0.3) is 0 Å². The molecule has 7 heteroatoms. The first kappa shape index (κ1) is 18.4. The average molecular weight is 378 g/mol. The number of aromatic nitrogens is 5. The highest BCUT2D eigenvalue weighted by Gasteiger charge is 2.33. The van der Waals surface area contributed by atoms with Crippen LogP contribution in [0.15, 0.2) is 30.3 Å². The molecule has 3 heterocycles. The quantitative estimate of drug-likeness (QED) is 0.684. The predicted molar refractivity (Wildman–Crippen MR) is 106 cm³/mol. The Kier molecular flexibility index (Phi) is 4.75. The lowest BCUT2D eigenvalue weighted by molar-refractivity contribution is -0.137. The zero-order valence-corrected chi connectivity index (χ0v) is 16.9. The molecule has 0 fully saturated rings. The number of carbonyl (C=O) groups excluding carboxylic acids is 1. The number of fused-ring (bicyclic) bond motifs is 1. The molecule has 1 aliphatic rings. The van der Waals surface area contributed by atoms with Crippen molar-refractivity contribution in [3.63, 3.8) is 0 Å². The molecule has 0 N–H and O–H groups in total. The van der Waals surface area contributed by atoms with Gasteiger partial charge in [-0.3, -0.25) is 14.0 Å². The summed E-state index contributed by atoms with van der Waals surface area (Å²) in [6, 6.07) is 9.94. The van der Waals surface area contributed by atoms with Crippen LogP contribution in [0, 0.1) is 20.8 Å². The number of benzene rings is 1. The van der Waals surface area contributed by atoms with Crippen molar-refractivity contribution in [2.45, 2.75) is 53.2 Å². The molecule has 0 saturated carbocycles. The van der Waals surface area contributed by atoms with Crippen molar-refractivity contribution in [3.8, 4) is 0 Å². The average Bonchev–Trinajstić information content (AvgIpc) is 3.21. The second kappa shape index (κ2) is 7.22. The van der Waals surface area contributed by atoms with Crippen molar-refractivity contribution in [1.82, 2.24) is 29.4 Å². The number of carbonyl (C=O) groups is 1. The smallest absolute Gasteiger partial charge is 0.245 e. The van der Waals surface area contributed by atoms with Crippen LogP contribution in [0.3, 0.4) is 0 Å². The lowest BCUT2D eigenvalue weighted by Gasteiger charge is -2.32. The van der Waals surface area contributed by atoms with E-state index in [9.17, 15) is 4.79 Å². The monoisotopic (exact) mass is 378 g/mol. The third-order valence-corrected chi connectivity index (χ3v) is 5.77. The molecular weight excluding hydrogens is 352 g/mol. The van der Waals surface area contributed by atoms with Crippen LogP contribution in [0.25, 0.3) is 0 Å². The van der Waals surface area contributed by atoms with E-state index >= 15 is 0 Å². The molecule has 0 aliphatic carbocycles. The lowest BCUT2D eigenvalue weighted by atomic mass is 10.1. The Morgan fingerprint density at radius 2 is 1.86 bits per heavy atom. The Hall–Kier alpha value is -2.96. The topological polar surface area (TPSA) is 68.8 Å². The maximum Gasteiger partial charge on any atom is 0.245 e. The van der Waals surface area contributed by atoms with Gasteiger partial charge in [-0.25, -0.2) is 0 Å². The summed E-state index contributed by atoms with van der Waals surface area (Å²) in [5.74, 6) is 1.74. The van der Waals surface area contributed by atoms with E-state index in [4.69, 9.17) is 0 Å². The van der Waals surface area contributed by atoms with E-state index < -0.39 is 0 Å². The van der Waals surface area contributed by atoms with E-state index in [-0.39, 0.29) is 11.9 Å². The standard InChI is InChI=1S/C21H26N6O/c1-14-15(2)24-26(16(14)3)13-20-23-22-19-12-25(21(28)17(4)27(19)20)11-10-18-8-6-5-7-9-18/h5-9,17H,10-13H2,1-4H3/t17-/m0/s1. The molecule has 146 valence electrons. The largest absolute Gasteiger partial charge is 0.333 e. The second-order valence-electron chi connectivity index (χ2n) is 7.53. The van der Waals surface area contributed by atoms with Crippen molar-refractivity contribution in [1.29, 1.82) is 0 Å². The van der Waals surface area contributed by atoms with Gasteiger partial charge in [0.15, 0.2) is 11.6 Å². The lowest BCUT2D eigenvalue weighted by Crippen LogP contribution is -2.43. The summed E-state index contributed by atoms with van der Waals surface area (Å²) in [6.07, 6.45) is 0.839. The molecule has 3 aromatic rings. The Morgan fingerprint density at radius 1 is 1.11 bits per heavy atom. The van der Waals surface area contributed by atoms with Crippen LogP contribution < -0.4 is 0 Å². The zero-order chi connectivity index (χ0) is 19.8. The van der Waals surface area contributed by atoms with Crippen LogP contribution in [0.4, 0.5) is 0 Å². The molecule has 1 amide bonds. The number of hydrogen-bond donors (Lipinski definition) is 0. The summed E-state index contributed by atoms with van der Waals surface area (Å²) >= 11 is 0. The van der Waals surface area contributed by atoms with Gasteiger partial charge in [0.2, 0.25) is 5.91 Å². The fraction of sp³-hybridized carbons (Fsp3) is 0.429. The highest BCUT2D eigenvalue weighted by atomic mass is 16.2. The molecule has 2 aromatic heterocycles. The van der Waals surface area contributed by atoms with E-state index in [0.717, 1.165) is 29.5 Å². The maximum absolute atomic E-state index is 13.0. The van der Waals surface area contributed by atoms with Crippen molar-refractivity contribution >= 4 is 5.91 Å². The molecule has 28 heavy (non-hydrogen) atoms. The fourth-order valence-corrected chi connectivity index (χ4v) is 3.82. The van der Waals surface area contributed by atoms with Gasteiger partial charge in [0.05, 0.1) is 12.2 Å². The minimum Gasteiger partial charge on any atom is -0.333 e. The normalized spacial score (nSPS) is 16.5. The molecule has 0 spiro atoms. The van der Waals surface area contributed by atoms with E-state index in [0.29, 0.717) is 19.6 Å². The molecule has 0 bridgehead atoms. The molecule has 0 saturated heterocycles. The highest BCUT2D eigenvalue weighted by molar-refractivity contribution is 5.81. The van der Waals surface area contributed by atoms with Gasteiger partial charge in [-0.05, 0) is 45.2 Å². The summed E-state index contributed by atoms with van der Waals surface area (Å²) in [7, 11) is 0. The molecule has 1 aliphatic heterocycles. The van der Waals surface area contributed by atoms with Crippen LogP contribution in [-0.4, -0.2) is 41.9 Å². The molecular formula is C21H26N6O. The van der Waals surface area contributed by atoms with Gasteiger partial charge in [0.1, 0.15) is 12.6 Å². The number of amides is 1. The molecule has 1 aromatic carbocycles. The van der Waals surface area contributed by atoms with Gasteiger partial charge < -0.3 is 4.90 Å². The van der Waals surface area contributed by atoms with Crippen molar-refractivity contribution in [3.05, 3.63) is 64.5 Å². The van der Waals surface area contributed by atoms with Gasteiger partial charge in [-0.15, -0.1) is 10.2 Å². The van der Waals surface area contributed by atoms with E-state index in [1.54, 1.807) is 0 Å². The van der Waals surface area contributed by atoms with Crippen molar-refractivity contribution in [2.75, 3.05) is 6.54 Å². The van der Waals surface area contributed by atoms with Gasteiger partial charge >= 0.3 is 0 Å². The number of nitrogens with zero attached hydrogens (tertiary/aromatic N) is 6. The molecule has 7 nitrogen and oxygen atoms in total. The van der Waals surface area contributed by atoms with Crippen LogP contribution in [0.5, 0.6) is 0 Å². The number of rotatable bonds is 5. The first-order valence-corrected chi connectivity index (χ1v) is 9.71. The Bertz CT molecular complexity index is 1000. The Balaban J connectivity index is 1.53. The molecule has 4 rings (SSSR count). The minimum absolute atomic E-state index is 0.119. The SMILES string of the molecule is Cc1nn(Cc2nnc3n2[C@@H](C)C(=O)N(CCc2ccccc2)C3)c(C)c1C. The third-order valence-electron chi connectivity index (χ3n) is 5.77. The van der Waals surface area contributed by atoms with Crippen molar-refractivity contribution in [2.24, 2.45) is 0 Å². The Morgan fingerprint density at radius 3 is 2.54 bits per heavy atom. The second-order valence-corrected chi connectivity index (χ2v) is 7.53. The highest BCUT2D eigenvalue weighted by Crippen LogP contribution is 2.24. The maximum atomic E-state index is 13.0. The van der Waals surface area contributed by atoms with Crippen molar-refractivity contribution < 1.29 is 4.79 Å². The van der Waals surface area contributed by atoms with Gasteiger partial charge in [-0.1, -0.05) is 30.3 Å². The molecule has 0 radical (unpaired) electrons. The van der Waals surface area contributed by atoms with Crippen LogP contribution >= 0.6 is 0 Å². The molecule has 1 atom stereocenters. The van der Waals surface area contributed by atoms with E-state index in [1.807, 2.05) is 46.2 Å². The summed E-state index contributed by atoms with van der Waals surface area (Å²) in [6.45, 7) is 9.78. The van der Waals surface area contributed by atoms with E-state index in [1.165, 1.54) is 11.1 Å². The van der Waals surface area contributed by atoms with Gasteiger partial charge in [-0.2, -0.15) is 5.10 Å². The summed E-state index contributed by atoms with van der Waals surface area (Å²) in [5, 5.41) is 13.4. The fourth-order valence-electron chi connectivity index (χ4n) is 3.82. The first-order valence-electron chi connectivity index (χ1n) is 9.71. The molecule has 0 unspecified atom stereocenters. The number of aryl methyl sites for hydroxylation is 1. The first-order chi connectivity index (χ1) is 13.5. The van der Waals surface area contributed by atoms with Crippen LogP contribution in [-0.2, 0) is 24.3 Å². The predicted octanol–water partition coefficient (Wildman–Crippen LogP) is 2.59.